The summed E-state index contributed by atoms with van der Waals surface area (Å²) in [5.74, 6) is -1.73. The zero-order valence-electron chi connectivity index (χ0n) is 25.4. The van der Waals surface area contributed by atoms with E-state index >= 15 is 0 Å². The Hall–Kier alpha value is -6.62. The van der Waals surface area contributed by atoms with Gasteiger partial charge < -0.3 is 20.9 Å². The number of nitrogens with one attached hydrogen (secondary N) is 3. The van der Waals surface area contributed by atoms with Crippen LogP contribution in [0.25, 0.3) is 0 Å². The zero-order chi connectivity index (χ0) is 33.5. The molecule has 0 saturated carbocycles. The zero-order valence-corrected chi connectivity index (χ0v) is 25.4. The highest BCUT2D eigenvalue weighted by Gasteiger charge is 2.17. The number of para-hydroxylation sites is 1. The van der Waals surface area contributed by atoms with Crippen molar-refractivity contribution in [3.63, 3.8) is 0 Å². The first-order chi connectivity index (χ1) is 22.6. The standard InChI is InChI=1S/C36H29N5O6/c1-23-17-18-26(22-32(23)41(46)47)35(44)38-29-13-7-9-24(20-29)33(42)37-28-12-6-10-25(19-28)34(43)39-30-14-8-11-27(21-30)36(45)40(2)31-15-4-3-5-16-31/h3-22H,1-2H3,(H,37,42)(H,38,44)(H,39,43). The van der Waals surface area contributed by atoms with Crippen LogP contribution < -0.4 is 20.9 Å². The quantitative estimate of drug-likeness (QED) is 0.119. The van der Waals surface area contributed by atoms with E-state index in [4.69, 9.17) is 0 Å². The van der Waals surface area contributed by atoms with Crippen LogP contribution >= 0.6 is 0 Å². The maximum Gasteiger partial charge on any atom is 0.273 e. The molecule has 0 atom stereocenters. The number of rotatable bonds is 9. The Morgan fingerprint density at radius 2 is 1.02 bits per heavy atom. The number of nitrogens with zero attached hydrogens (tertiary/aromatic N) is 2. The maximum absolute atomic E-state index is 13.1. The second-order valence-electron chi connectivity index (χ2n) is 10.6. The van der Waals surface area contributed by atoms with Crippen LogP contribution in [-0.4, -0.2) is 35.6 Å². The number of hydrogen-bond donors (Lipinski definition) is 3. The van der Waals surface area contributed by atoms with E-state index < -0.39 is 22.6 Å². The van der Waals surface area contributed by atoms with Gasteiger partial charge in [0.1, 0.15) is 0 Å². The van der Waals surface area contributed by atoms with Gasteiger partial charge in [-0.25, -0.2) is 0 Å². The average Bonchev–Trinajstić information content (AvgIpc) is 3.08. The Labute approximate surface area is 270 Å². The lowest BCUT2D eigenvalue weighted by atomic mass is 10.1. The number of amides is 4. The molecule has 0 fully saturated rings. The first kappa shape index (κ1) is 31.8. The second kappa shape index (κ2) is 14.0. The Kier molecular flexibility index (Phi) is 9.47. The Bertz CT molecular complexity index is 2010. The van der Waals surface area contributed by atoms with Crippen molar-refractivity contribution in [2.45, 2.75) is 6.92 Å². The molecule has 11 nitrogen and oxygen atoms in total. The van der Waals surface area contributed by atoms with E-state index in [1.165, 1.54) is 35.2 Å². The second-order valence-corrected chi connectivity index (χ2v) is 10.6. The summed E-state index contributed by atoms with van der Waals surface area (Å²) in [5, 5.41) is 19.5. The third kappa shape index (κ3) is 7.73. The Morgan fingerprint density at radius 3 is 1.51 bits per heavy atom. The van der Waals surface area contributed by atoms with Gasteiger partial charge in [-0.3, -0.25) is 29.3 Å². The maximum atomic E-state index is 13.1. The minimum absolute atomic E-state index is 0.102. The summed E-state index contributed by atoms with van der Waals surface area (Å²) >= 11 is 0. The molecule has 234 valence electrons. The summed E-state index contributed by atoms with van der Waals surface area (Å²) in [4.78, 5) is 64.2. The first-order valence-corrected chi connectivity index (χ1v) is 14.4. The van der Waals surface area contributed by atoms with Gasteiger partial charge in [0, 0.05) is 63.7 Å². The summed E-state index contributed by atoms with van der Waals surface area (Å²) in [7, 11) is 1.68. The molecule has 0 aromatic heterocycles. The lowest BCUT2D eigenvalue weighted by Crippen LogP contribution is -2.26. The fourth-order valence-corrected chi connectivity index (χ4v) is 4.73. The van der Waals surface area contributed by atoms with Gasteiger partial charge in [0.15, 0.2) is 0 Å². The minimum atomic E-state index is -0.567. The summed E-state index contributed by atoms with van der Waals surface area (Å²) in [6, 6.07) is 32.6. The SMILES string of the molecule is Cc1ccc(C(=O)Nc2cccc(C(=O)Nc3cccc(C(=O)Nc4cccc(C(=O)N(C)c5ccccc5)c4)c3)c2)cc1[N+](=O)[O-]. The summed E-state index contributed by atoms with van der Waals surface area (Å²) in [6.45, 7) is 1.58. The van der Waals surface area contributed by atoms with Gasteiger partial charge in [-0.15, -0.1) is 0 Å². The number of aryl methyl sites for hydroxylation is 1. The van der Waals surface area contributed by atoms with Crippen LogP contribution in [-0.2, 0) is 0 Å². The van der Waals surface area contributed by atoms with Crippen LogP contribution in [0.15, 0.2) is 121 Å². The summed E-state index contributed by atoms with van der Waals surface area (Å²) in [5.41, 5.74) is 3.10. The predicted octanol–water partition coefficient (Wildman–Crippen LogP) is 6.94. The molecule has 0 bridgehead atoms. The summed E-state index contributed by atoms with van der Waals surface area (Å²) < 4.78 is 0. The molecule has 5 aromatic rings. The van der Waals surface area contributed by atoms with Gasteiger partial charge in [0.25, 0.3) is 29.3 Å². The number of hydrogen-bond acceptors (Lipinski definition) is 6. The molecule has 11 heteroatoms. The van der Waals surface area contributed by atoms with Crippen LogP contribution in [0.2, 0.25) is 0 Å². The largest absolute Gasteiger partial charge is 0.322 e. The van der Waals surface area contributed by atoms with Crippen molar-refractivity contribution in [3.05, 3.63) is 159 Å². The highest BCUT2D eigenvalue weighted by Crippen LogP contribution is 2.22. The molecule has 0 spiro atoms. The van der Waals surface area contributed by atoms with E-state index in [2.05, 4.69) is 16.0 Å². The van der Waals surface area contributed by atoms with Gasteiger partial charge in [-0.2, -0.15) is 0 Å². The monoisotopic (exact) mass is 627 g/mol. The molecule has 0 aliphatic rings. The van der Waals surface area contributed by atoms with Crippen LogP contribution in [0.1, 0.15) is 47.0 Å². The van der Waals surface area contributed by atoms with Crippen molar-refractivity contribution in [3.8, 4) is 0 Å². The van der Waals surface area contributed by atoms with Gasteiger partial charge in [-0.05, 0) is 79.7 Å². The van der Waals surface area contributed by atoms with Crippen LogP contribution in [0.4, 0.5) is 28.4 Å². The van der Waals surface area contributed by atoms with Crippen molar-refractivity contribution in [1.82, 2.24) is 0 Å². The molecule has 0 saturated heterocycles. The highest BCUT2D eigenvalue weighted by atomic mass is 16.6. The van der Waals surface area contributed by atoms with Crippen molar-refractivity contribution in [1.29, 1.82) is 0 Å². The fraction of sp³-hybridized carbons (Fsp3) is 0.0556. The van der Waals surface area contributed by atoms with Crippen LogP contribution in [0, 0.1) is 17.0 Å². The number of nitro groups is 1. The Morgan fingerprint density at radius 1 is 0.574 bits per heavy atom. The molecule has 0 radical (unpaired) electrons. The predicted molar refractivity (Wildman–Crippen MR) is 180 cm³/mol. The lowest BCUT2D eigenvalue weighted by Gasteiger charge is -2.17. The molecule has 0 unspecified atom stereocenters. The smallest absolute Gasteiger partial charge is 0.273 e. The topological polar surface area (TPSA) is 151 Å². The molecule has 0 aliphatic carbocycles. The highest BCUT2D eigenvalue weighted by molar-refractivity contribution is 6.10. The molecule has 5 rings (SSSR count). The van der Waals surface area contributed by atoms with Gasteiger partial charge in [-0.1, -0.05) is 42.5 Å². The van der Waals surface area contributed by atoms with Gasteiger partial charge >= 0.3 is 0 Å². The third-order valence-corrected chi connectivity index (χ3v) is 7.25. The molecule has 0 heterocycles. The van der Waals surface area contributed by atoms with Crippen LogP contribution in [0.5, 0.6) is 0 Å². The van der Waals surface area contributed by atoms with E-state index in [-0.39, 0.29) is 28.3 Å². The number of nitro benzene ring substituents is 1. The normalized spacial score (nSPS) is 10.4. The number of anilines is 4. The van der Waals surface area contributed by atoms with Crippen molar-refractivity contribution in [2.24, 2.45) is 0 Å². The van der Waals surface area contributed by atoms with Crippen molar-refractivity contribution >= 4 is 52.1 Å². The fourth-order valence-electron chi connectivity index (χ4n) is 4.73. The van der Waals surface area contributed by atoms with Gasteiger partial charge in [0.05, 0.1) is 4.92 Å². The number of benzene rings is 5. The van der Waals surface area contributed by atoms with E-state index in [1.54, 1.807) is 74.6 Å². The lowest BCUT2D eigenvalue weighted by molar-refractivity contribution is -0.385. The number of carbonyl (C=O) groups excluding carboxylic acids is 4. The van der Waals surface area contributed by atoms with E-state index in [0.29, 0.717) is 28.2 Å². The molecule has 4 amide bonds. The van der Waals surface area contributed by atoms with Crippen molar-refractivity contribution < 1.29 is 24.1 Å². The Balaban J connectivity index is 1.23. The molecular weight excluding hydrogens is 598 g/mol. The first-order valence-electron chi connectivity index (χ1n) is 14.4. The summed E-state index contributed by atoms with van der Waals surface area (Å²) in [6.07, 6.45) is 0. The molecule has 47 heavy (non-hydrogen) atoms. The average molecular weight is 628 g/mol. The van der Waals surface area contributed by atoms with Crippen LogP contribution in [0.3, 0.4) is 0 Å². The van der Waals surface area contributed by atoms with Crippen molar-refractivity contribution in [2.75, 3.05) is 27.9 Å². The van der Waals surface area contributed by atoms with Gasteiger partial charge in [0.2, 0.25) is 0 Å². The minimum Gasteiger partial charge on any atom is -0.322 e. The molecule has 0 aliphatic heterocycles. The third-order valence-electron chi connectivity index (χ3n) is 7.25. The van der Waals surface area contributed by atoms with E-state index in [0.717, 1.165) is 5.69 Å². The molecular formula is C36H29N5O6. The molecule has 5 aromatic carbocycles. The van der Waals surface area contributed by atoms with E-state index in [9.17, 15) is 29.3 Å². The number of carbonyl (C=O) groups is 4. The molecule has 3 N–H and O–H groups in total. The van der Waals surface area contributed by atoms with E-state index in [1.807, 2.05) is 30.3 Å².